The summed E-state index contributed by atoms with van der Waals surface area (Å²) in [5, 5.41) is 11.6. The highest BCUT2D eigenvalue weighted by Gasteiger charge is 2.17. The van der Waals surface area contributed by atoms with Crippen molar-refractivity contribution in [2.24, 2.45) is 0 Å². The lowest BCUT2D eigenvalue weighted by Crippen LogP contribution is -2.14. The number of amides is 1. The molecule has 0 aliphatic rings. The molecule has 0 aromatic heterocycles. The van der Waals surface area contributed by atoms with Crippen LogP contribution in [0.3, 0.4) is 0 Å². The topological polar surface area (TPSA) is 71.3 Å². The number of carbonyl (C=O) groups excluding carboxylic acids is 1. The molecule has 2 aromatic rings. The lowest BCUT2D eigenvalue weighted by Gasteiger charge is -2.11. The first-order valence-electron chi connectivity index (χ1n) is 7.34. The Bertz CT molecular complexity index is 767. The molecule has 2 aromatic carbocycles. The van der Waals surface area contributed by atoms with Gasteiger partial charge in [-0.2, -0.15) is 5.26 Å². The number of halogens is 1. The molecule has 124 valence electrons. The summed E-state index contributed by atoms with van der Waals surface area (Å²) in [6.45, 7) is 3.05. The summed E-state index contributed by atoms with van der Waals surface area (Å²) in [5.41, 5.74) is 1.44. The highest BCUT2D eigenvalue weighted by molar-refractivity contribution is 6.06. The van der Waals surface area contributed by atoms with E-state index in [1.165, 1.54) is 13.2 Å². The number of nitriles is 1. The van der Waals surface area contributed by atoms with Crippen LogP contribution in [0.4, 0.5) is 10.1 Å². The molecule has 1 amide bonds. The van der Waals surface area contributed by atoms with Crippen molar-refractivity contribution in [2.45, 2.75) is 13.5 Å². The van der Waals surface area contributed by atoms with Crippen LogP contribution in [-0.4, -0.2) is 19.6 Å². The van der Waals surface area contributed by atoms with Gasteiger partial charge >= 0.3 is 0 Å². The van der Waals surface area contributed by atoms with E-state index in [1.54, 1.807) is 18.2 Å². The lowest BCUT2D eigenvalue weighted by atomic mass is 10.1. The van der Waals surface area contributed by atoms with Gasteiger partial charge in [0.05, 0.1) is 24.8 Å². The minimum absolute atomic E-state index is 0.0666. The molecule has 0 saturated heterocycles. The van der Waals surface area contributed by atoms with Crippen molar-refractivity contribution in [1.82, 2.24) is 0 Å². The van der Waals surface area contributed by atoms with Crippen LogP contribution in [0.2, 0.25) is 0 Å². The number of benzene rings is 2. The van der Waals surface area contributed by atoms with E-state index in [-0.39, 0.29) is 16.9 Å². The number of anilines is 1. The van der Waals surface area contributed by atoms with Crippen LogP contribution in [0, 0.1) is 17.1 Å². The van der Waals surface area contributed by atoms with Crippen LogP contribution in [-0.2, 0) is 11.3 Å². The zero-order valence-corrected chi connectivity index (χ0v) is 13.4. The van der Waals surface area contributed by atoms with Gasteiger partial charge in [-0.1, -0.05) is 12.1 Å². The first-order chi connectivity index (χ1) is 11.6. The predicted octanol–water partition coefficient (Wildman–Crippen LogP) is 3.49. The Hall–Kier alpha value is -2.91. The maximum absolute atomic E-state index is 13.6. The van der Waals surface area contributed by atoms with Crippen molar-refractivity contribution in [3.8, 4) is 11.8 Å². The van der Waals surface area contributed by atoms with Crippen molar-refractivity contribution < 1.29 is 18.7 Å². The van der Waals surface area contributed by atoms with E-state index in [1.807, 2.05) is 19.1 Å². The van der Waals surface area contributed by atoms with Crippen LogP contribution in [0.15, 0.2) is 36.4 Å². The number of hydrogen-bond acceptors (Lipinski definition) is 4. The van der Waals surface area contributed by atoms with Gasteiger partial charge in [0, 0.05) is 18.4 Å². The minimum atomic E-state index is -0.730. The zero-order chi connectivity index (χ0) is 17.5. The van der Waals surface area contributed by atoms with Gasteiger partial charge in [0.25, 0.3) is 5.91 Å². The zero-order valence-electron chi connectivity index (χ0n) is 13.4. The monoisotopic (exact) mass is 328 g/mol. The first kappa shape index (κ1) is 17.4. The van der Waals surface area contributed by atoms with Gasteiger partial charge < -0.3 is 14.8 Å². The Kier molecular flexibility index (Phi) is 5.88. The number of methoxy groups -OCH3 is 1. The summed E-state index contributed by atoms with van der Waals surface area (Å²) in [7, 11) is 1.33. The summed E-state index contributed by atoms with van der Waals surface area (Å²) in [6.07, 6.45) is 0. The summed E-state index contributed by atoms with van der Waals surface area (Å²) >= 11 is 0. The van der Waals surface area contributed by atoms with Crippen molar-refractivity contribution >= 4 is 11.6 Å². The second-order valence-corrected chi connectivity index (χ2v) is 4.93. The number of hydrogen-bond donors (Lipinski definition) is 1. The fraction of sp³-hybridized carbons (Fsp3) is 0.222. The van der Waals surface area contributed by atoms with Crippen LogP contribution in [0.5, 0.6) is 5.75 Å². The maximum atomic E-state index is 13.6. The molecule has 5 nitrogen and oxygen atoms in total. The van der Waals surface area contributed by atoms with Gasteiger partial charge in [-0.25, -0.2) is 4.39 Å². The Balaban J connectivity index is 2.19. The third kappa shape index (κ3) is 4.09. The van der Waals surface area contributed by atoms with Gasteiger partial charge in [-0.3, -0.25) is 4.79 Å². The summed E-state index contributed by atoms with van der Waals surface area (Å²) < 4.78 is 23.9. The Morgan fingerprint density at radius 3 is 2.58 bits per heavy atom. The smallest absolute Gasteiger partial charge is 0.259 e. The fourth-order valence-corrected chi connectivity index (χ4v) is 2.09. The number of nitrogens with one attached hydrogen (secondary N) is 1. The molecule has 24 heavy (non-hydrogen) atoms. The van der Waals surface area contributed by atoms with E-state index >= 15 is 0 Å². The molecular formula is C18H17FN2O3. The average Bonchev–Trinajstić information content (AvgIpc) is 2.60. The molecule has 2 rings (SSSR count). The average molecular weight is 328 g/mol. The minimum Gasteiger partial charge on any atom is -0.496 e. The largest absolute Gasteiger partial charge is 0.496 e. The van der Waals surface area contributed by atoms with E-state index in [0.717, 1.165) is 11.6 Å². The molecule has 6 heteroatoms. The van der Waals surface area contributed by atoms with E-state index in [9.17, 15) is 9.18 Å². The quantitative estimate of drug-likeness (QED) is 0.881. The molecule has 0 atom stereocenters. The molecule has 0 radical (unpaired) electrons. The highest BCUT2D eigenvalue weighted by Crippen LogP contribution is 2.24. The molecule has 0 fully saturated rings. The van der Waals surface area contributed by atoms with E-state index in [2.05, 4.69) is 5.32 Å². The summed E-state index contributed by atoms with van der Waals surface area (Å²) in [5.74, 6) is -1.15. The normalized spacial score (nSPS) is 10.1. The second kappa shape index (κ2) is 8.09. The van der Waals surface area contributed by atoms with Crippen molar-refractivity contribution in [3.63, 3.8) is 0 Å². The molecular weight excluding hydrogens is 311 g/mol. The summed E-state index contributed by atoms with van der Waals surface area (Å²) in [6, 6.07) is 11.1. The lowest BCUT2D eigenvalue weighted by molar-refractivity contribution is 0.102. The number of nitrogens with zero attached hydrogens (tertiary/aromatic N) is 1. The molecule has 0 saturated carbocycles. The molecule has 0 aliphatic carbocycles. The number of ether oxygens (including phenoxy) is 2. The van der Waals surface area contributed by atoms with Crippen LogP contribution in [0.1, 0.15) is 28.4 Å². The SMILES string of the molecule is CCOCc1ccc(NC(=O)c2cc(C#N)c(F)cc2OC)cc1. The van der Waals surface area contributed by atoms with Gasteiger partial charge in [-0.05, 0) is 30.7 Å². The number of rotatable bonds is 6. The molecule has 0 bridgehead atoms. The second-order valence-electron chi connectivity index (χ2n) is 4.93. The Morgan fingerprint density at radius 2 is 2.00 bits per heavy atom. The highest BCUT2D eigenvalue weighted by atomic mass is 19.1. The molecule has 0 spiro atoms. The standard InChI is InChI=1S/C18H17FN2O3/c1-3-24-11-12-4-6-14(7-5-12)21-18(22)15-8-13(10-20)16(19)9-17(15)23-2/h4-9H,3,11H2,1-2H3,(H,21,22). The van der Waals surface area contributed by atoms with E-state index in [4.69, 9.17) is 14.7 Å². The molecule has 0 unspecified atom stereocenters. The third-order valence-corrected chi connectivity index (χ3v) is 3.34. The Morgan fingerprint density at radius 1 is 1.29 bits per heavy atom. The van der Waals surface area contributed by atoms with Gasteiger partial charge in [0.1, 0.15) is 17.6 Å². The predicted molar refractivity (Wildman–Crippen MR) is 87.4 cm³/mol. The maximum Gasteiger partial charge on any atom is 0.259 e. The molecule has 1 N–H and O–H groups in total. The van der Waals surface area contributed by atoms with Crippen molar-refractivity contribution in [3.05, 3.63) is 58.9 Å². The van der Waals surface area contributed by atoms with E-state index < -0.39 is 11.7 Å². The van der Waals surface area contributed by atoms with Gasteiger partial charge in [0.2, 0.25) is 0 Å². The fourth-order valence-electron chi connectivity index (χ4n) is 2.09. The number of carbonyl (C=O) groups is 1. The van der Waals surface area contributed by atoms with Crippen LogP contribution < -0.4 is 10.1 Å². The van der Waals surface area contributed by atoms with Crippen molar-refractivity contribution in [1.29, 1.82) is 5.26 Å². The van der Waals surface area contributed by atoms with E-state index in [0.29, 0.717) is 18.9 Å². The van der Waals surface area contributed by atoms with Gasteiger partial charge in [0.15, 0.2) is 0 Å². The third-order valence-electron chi connectivity index (χ3n) is 3.34. The first-order valence-corrected chi connectivity index (χ1v) is 7.34. The van der Waals surface area contributed by atoms with Crippen molar-refractivity contribution in [2.75, 3.05) is 19.0 Å². The summed E-state index contributed by atoms with van der Waals surface area (Å²) in [4.78, 5) is 12.4. The Labute approximate surface area is 139 Å². The van der Waals surface area contributed by atoms with Gasteiger partial charge in [-0.15, -0.1) is 0 Å². The van der Waals surface area contributed by atoms with Crippen LogP contribution >= 0.6 is 0 Å². The van der Waals surface area contributed by atoms with Crippen LogP contribution in [0.25, 0.3) is 0 Å². The molecule has 0 aliphatic heterocycles. The molecule has 0 heterocycles.